The SMILES string of the molecule is COc1cc(CCc2ccc(-c3ccc(CN(C)C)cc3)c3nncn23)ccc1C. The molecule has 0 aliphatic rings. The summed E-state index contributed by atoms with van der Waals surface area (Å²) < 4.78 is 7.57. The van der Waals surface area contributed by atoms with Crippen LogP contribution in [0.15, 0.2) is 60.9 Å². The minimum Gasteiger partial charge on any atom is -0.496 e. The van der Waals surface area contributed by atoms with Crippen molar-refractivity contribution in [1.29, 1.82) is 0 Å². The molecule has 0 aliphatic carbocycles. The lowest BCUT2D eigenvalue weighted by Gasteiger charge is -2.12. The topological polar surface area (TPSA) is 42.7 Å². The highest BCUT2D eigenvalue weighted by atomic mass is 16.5. The molecule has 0 unspecified atom stereocenters. The number of methoxy groups -OCH3 is 1. The zero-order valence-corrected chi connectivity index (χ0v) is 18.1. The van der Waals surface area contributed by atoms with Crippen LogP contribution in [-0.4, -0.2) is 40.7 Å². The molecule has 5 nitrogen and oxygen atoms in total. The Bertz CT molecular complexity index is 1150. The van der Waals surface area contributed by atoms with Gasteiger partial charge in [-0.15, -0.1) is 10.2 Å². The minimum atomic E-state index is 0.898. The van der Waals surface area contributed by atoms with E-state index in [0.29, 0.717) is 0 Å². The third-order valence-corrected chi connectivity index (χ3v) is 5.45. The molecule has 154 valence electrons. The van der Waals surface area contributed by atoms with E-state index in [1.54, 1.807) is 7.11 Å². The van der Waals surface area contributed by atoms with Gasteiger partial charge < -0.3 is 9.64 Å². The Kier molecular flexibility index (Phi) is 5.81. The van der Waals surface area contributed by atoms with Crippen molar-refractivity contribution in [3.05, 3.63) is 83.3 Å². The third-order valence-electron chi connectivity index (χ3n) is 5.45. The minimum absolute atomic E-state index is 0.898. The molecule has 4 rings (SSSR count). The Morgan fingerprint density at radius 2 is 1.70 bits per heavy atom. The first-order valence-corrected chi connectivity index (χ1v) is 10.2. The molecule has 5 heteroatoms. The molecule has 0 fully saturated rings. The summed E-state index contributed by atoms with van der Waals surface area (Å²) in [7, 11) is 5.89. The van der Waals surface area contributed by atoms with Gasteiger partial charge in [-0.1, -0.05) is 36.4 Å². The van der Waals surface area contributed by atoms with Crippen molar-refractivity contribution in [3.8, 4) is 16.9 Å². The van der Waals surface area contributed by atoms with Gasteiger partial charge >= 0.3 is 0 Å². The van der Waals surface area contributed by atoms with Gasteiger partial charge in [0, 0.05) is 17.8 Å². The summed E-state index contributed by atoms with van der Waals surface area (Å²) in [5, 5.41) is 8.59. The predicted octanol–water partition coefficient (Wildman–Crippen LogP) is 4.56. The van der Waals surface area contributed by atoms with Crippen LogP contribution in [0.1, 0.15) is 22.4 Å². The fourth-order valence-electron chi connectivity index (χ4n) is 3.84. The first-order chi connectivity index (χ1) is 14.5. The van der Waals surface area contributed by atoms with Crippen LogP contribution in [0.4, 0.5) is 0 Å². The first kappa shape index (κ1) is 20.1. The highest BCUT2D eigenvalue weighted by Crippen LogP contribution is 2.26. The number of aryl methyl sites for hydroxylation is 3. The second-order valence-electron chi connectivity index (χ2n) is 8.00. The number of rotatable bonds is 7. The quantitative estimate of drug-likeness (QED) is 0.456. The summed E-state index contributed by atoms with van der Waals surface area (Å²) in [5.74, 6) is 0.940. The smallest absolute Gasteiger partial charge is 0.168 e. The van der Waals surface area contributed by atoms with Crippen LogP contribution in [0.25, 0.3) is 16.8 Å². The fraction of sp³-hybridized carbons (Fsp3) is 0.280. The Morgan fingerprint density at radius 1 is 0.933 bits per heavy atom. The van der Waals surface area contributed by atoms with Crippen molar-refractivity contribution in [1.82, 2.24) is 19.5 Å². The molecule has 0 amide bonds. The van der Waals surface area contributed by atoms with Crippen molar-refractivity contribution in [2.24, 2.45) is 0 Å². The molecule has 0 saturated heterocycles. The zero-order chi connectivity index (χ0) is 21.1. The summed E-state index contributed by atoms with van der Waals surface area (Å²) >= 11 is 0. The number of hydrogen-bond donors (Lipinski definition) is 0. The summed E-state index contributed by atoms with van der Waals surface area (Å²) in [6.07, 6.45) is 3.65. The molecule has 0 bridgehead atoms. The molecule has 0 spiro atoms. The van der Waals surface area contributed by atoms with Gasteiger partial charge in [-0.25, -0.2) is 0 Å². The Labute approximate surface area is 177 Å². The van der Waals surface area contributed by atoms with Crippen LogP contribution >= 0.6 is 0 Å². The van der Waals surface area contributed by atoms with Gasteiger partial charge in [0.1, 0.15) is 12.1 Å². The monoisotopic (exact) mass is 400 g/mol. The second-order valence-corrected chi connectivity index (χ2v) is 8.00. The molecule has 2 heterocycles. The third kappa shape index (κ3) is 4.21. The van der Waals surface area contributed by atoms with Gasteiger partial charge in [0.15, 0.2) is 5.65 Å². The fourth-order valence-corrected chi connectivity index (χ4v) is 3.84. The number of ether oxygens (including phenoxy) is 1. The highest BCUT2D eigenvalue weighted by molar-refractivity contribution is 5.77. The molecule has 4 aromatic rings. The summed E-state index contributed by atoms with van der Waals surface area (Å²) in [6.45, 7) is 3.00. The maximum Gasteiger partial charge on any atom is 0.168 e. The molecule has 0 saturated carbocycles. The molecule has 0 N–H and O–H groups in total. The van der Waals surface area contributed by atoms with Crippen LogP contribution in [0, 0.1) is 6.92 Å². The first-order valence-electron chi connectivity index (χ1n) is 10.2. The normalized spacial score (nSPS) is 11.4. The van der Waals surface area contributed by atoms with Gasteiger partial charge in [0.25, 0.3) is 0 Å². The van der Waals surface area contributed by atoms with E-state index in [1.807, 2.05) is 6.33 Å². The van der Waals surface area contributed by atoms with Gasteiger partial charge in [0.2, 0.25) is 0 Å². The largest absolute Gasteiger partial charge is 0.496 e. The highest BCUT2D eigenvalue weighted by Gasteiger charge is 2.11. The molecular formula is C25H28N4O. The average Bonchev–Trinajstić information content (AvgIpc) is 3.23. The Hall–Kier alpha value is -3.18. The Morgan fingerprint density at radius 3 is 2.43 bits per heavy atom. The van der Waals surface area contributed by atoms with Crippen molar-refractivity contribution in [3.63, 3.8) is 0 Å². The molecule has 0 atom stereocenters. The van der Waals surface area contributed by atoms with E-state index in [2.05, 4.69) is 95.1 Å². The van der Waals surface area contributed by atoms with E-state index >= 15 is 0 Å². The van der Waals surface area contributed by atoms with Crippen LogP contribution < -0.4 is 4.74 Å². The van der Waals surface area contributed by atoms with Crippen LogP contribution in [0.2, 0.25) is 0 Å². The van der Waals surface area contributed by atoms with Crippen LogP contribution in [0.5, 0.6) is 5.75 Å². The van der Waals surface area contributed by atoms with Crippen molar-refractivity contribution in [2.45, 2.75) is 26.3 Å². The summed E-state index contributed by atoms with van der Waals surface area (Å²) in [5.41, 5.74) is 8.07. The number of benzene rings is 2. The molecule has 0 aliphatic heterocycles. The maximum atomic E-state index is 5.46. The summed E-state index contributed by atoms with van der Waals surface area (Å²) in [6, 6.07) is 19.5. The van der Waals surface area contributed by atoms with E-state index in [0.717, 1.165) is 47.5 Å². The Balaban J connectivity index is 1.58. The molecule has 0 radical (unpaired) electrons. The molecule has 2 aromatic heterocycles. The average molecular weight is 401 g/mol. The van der Waals surface area contributed by atoms with E-state index in [4.69, 9.17) is 4.74 Å². The lowest BCUT2D eigenvalue weighted by atomic mass is 10.0. The zero-order valence-electron chi connectivity index (χ0n) is 18.1. The van der Waals surface area contributed by atoms with E-state index in [1.165, 1.54) is 16.8 Å². The van der Waals surface area contributed by atoms with Crippen LogP contribution in [-0.2, 0) is 19.4 Å². The number of fused-ring (bicyclic) bond motifs is 1. The van der Waals surface area contributed by atoms with E-state index in [-0.39, 0.29) is 0 Å². The lowest BCUT2D eigenvalue weighted by Crippen LogP contribution is -2.10. The van der Waals surface area contributed by atoms with Gasteiger partial charge in [-0.3, -0.25) is 4.40 Å². The van der Waals surface area contributed by atoms with Gasteiger partial charge in [0.05, 0.1) is 7.11 Å². The number of aromatic nitrogens is 3. The lowest BCUT2D eigenvalue weighted by molar-refractivity contribution is 0.402. The molecule has 30 heavy (non-hydrogen) atoms. The predicted molar refractivity (Wildman–Crippen MR) is 121 cm³/mol. The number of pyridine rings is 1. The maximum absolute atomic E-state index is 5.46. The van der Waals surface area contributed by atoms with E-state index < -0.39 is 0 Å². The van der Waals surface area contributed by atoms with Gasteiger partial charge in [-0.05, 0) is 74.3 Å². The van der Waals surface area contributed by atoms with Crippen LogP contribution in [0.3, 0.4) is 0 Å². The number of hydrogen-bond acceptors (Lipinski definition) is 4. The van der Waals surface area contributed by atoms with E-state index in [9.17, 15) is 0 Å². The summed E-state index contributed by atoms with van der Waals surface area (Å²) in [4.78, 5) is 2.17. The standard InChI is InChI=1S/C25H28N4O/c1-18-5-6-19(15-24(18)30-4)9-12-22-13-14-23(25-27-26-17-29(22)25)21-10-7-20(8-11-21)16-28(2)3/h5-8,10-11,13-15,17H,9,12,16H2,1-4H3. The van der Waals surface area contributed by atoms with Crippen molar-refractivity contribution in [2.75, 3.05) is 21.2 Å². The number of nitrogens with zero attached hydrogens (tertiary/aromatic N) is 4. The second kappa shape index (κ2) is 8.67. The molecule has 2 aromatic carbocycles. The van der Waals surface area contributed by atoms with Gasteiger partial charge in [-0.2, -0.15) is 0 Å². The van der Waals surface area contributed by atoms with Crippen molar-refractivity contribution < 1.29 is 4.74 Å². The molecular weight excluding hydrogens is 372 g/mol. The van der Waals surface area contributed by atoms with Crippen molar-refractivity contribution >= 4 is 5.65 Å².